The largest absolute Gasteiger partial charge is 1.00 e. The molecule has 2 aliphatic carbocycles. The Kier molecular flexibility index (Phi) is 8.14. The van der Waals surface area contributed by atoms with Crippen molar-refractivity contribution < 1.29 is 41.4 Å². The third kappa shape index (κ3) is 4.51. The van der Waals surface area contributed by atoms with Crippen molar-refractivity contribution in [1.29, 1.82) is 0 Å². The van der Waals surface area contributed by atoms with Crippen LogP contribution in [0.15, 0.2) is 108 Å². The molecular weight excluding hydrogens is 551 g/mol. The molecule has 4 aromatic rings. The Morgan fingerprint density at radius 3 is 1.33 bits per heavy atom. The van der Waals surface area contributed by atoms with Gasteiger partial charge in [-0.25, -0.2) is 0 Å². The van der Waals surface area contributed by atoms with Gasteiger partial charge < -0.3 is 24.8 Å². The minimum atomic E-state index is -2.48. The number of allylic oxidation sites excluding steroid dienone is 2. The smallest absolute Gasteiger partial charge is 1.00 e. The number of hydrogen-bond acceptors (Lipinski definition) is 0. The van der Waals surface area contributed by atoms with Crippen LogP contribution in [0.4, 0.5) is 0 Å². The first-order valence-electron chi connectivity index (χ1n) is 13.9. The summed E-state index contributed by atoms with van der Waals surface area (Å²) in [6.45, 7) is 4.89. The van der Waals surface area contributed by atoms with Gasteiger partial charge in [-0.2, -0.15) is 0 Å². The van der Waals surface area contributed by atoms with Gasteiger partial charge in [-0.05, 0) is 0 Å². The fourth-order valence-corrected chi connectivity index (χ4v) is 19.5. The SMILES string of the molecule is CC1=Cc2c(-c3ccccc3)cccc2[CH]1[Ti+2]1([CH]2C(C)=Cc3c(-c4ccccc4)cccc32)[CH2]CC[CH2]1.[Cl-].[Cl-]. The van der Waals surface area contributed by atoms with E-state index in [2.05, 4.69) is 123 Å². The Morgan fingerprint density at radius 1 is 0.513 bits per heavy atom. The van der Waals surface area contributed by atoms with Crippen LogP contribution in [0.1, 0.15) is 57.4 Å². The van der Waals surface area contributed by atoms with E-state index in [1.54, 1.807) is 22.3 Å². The van der Waals surface area contributed by atoms with E-state index < -0.39 is 16.6 Å². The summed E-state index contributed by atoms with van der Waals surface area (Å²) in [7, 11) is 0. The molecule has 196 valence electrons. The summed E-state index contributed by atoms with van der Waals surface area (Å²) < 4.78 is 4.27. The third-order valence-electron chi connectivity index (χ3n) is 9.41. The van der Waals surface area contributed by atoms with Gasteiger partial charge in [-0.3, -0.25) is 0 Å². The zero-order chi connectivity index (χ0) is 25.0. The Bertz CT molecular complexity index is 1430. The third-order valence-corrected chi connectivity index (χ3v) is 19.4. The maximum absolute atomic E-state index is 2.56. The second-order valence-corrected chi connectivity index (χ2v) is 18.6. The molecule has 3 heteroatoms. The van der Waals surface area contributed by atoms with Gasteiger partial charge in [0.05, 0.1) is 0 Å². The minimum absolute atomic E-state index is 0. The van der Waals surface area contributed by atoms with E-state index in [9.17, 15) is 0 Å². The molecule has 2 unspecified atom stereocenters. The van der Waals surface area contributed by atoms with Crippen LogP contribution in [-0.4, -0.2) is 0 Å². The second kappa shape index (κ2) is 11.3. The van der Waals surface area contributed by atoms with Crippen molar-refractivity contribution in [3.8, 4) is 22.3 Å². The van der Waals surface area contributed by atoms with Crippen LogP contribution in [0, 0.1) is 0 Å². The topological polar surface area (TPSA) is 0 Å². The quantitative estimate of drug-likeness (QED) is 0.311. The molecule has 7 rings (SSSR count). The van der Waals surface area contributed by atoms with Crippen LogP contribution in [0.5, 0.6) is 0 Å². The van der Waals surface area contributed by atoms with Crippen molar-refractivity contribution in [3.05, 3.63) is 130 Å². The number of rotatable bonds is 4. The average Bonchev–Trinajstić information content (AvgIpc) is 3.64. The van der Waals surface area contributed by atoms with Gasteiger partial charge in [0.1, 0.15) is 0 Å². The molecule has 0 aromatic heterocycles. The Hall–Kier alpha value is -2.35. The molecule has 1 saturated heterocycles. The van der Waals surface area contributed by atoms with Crippen molar-refractivity contribution in [2.75, 3.05) is 0 Å². The van der Waals surface area contributed by atoms with Crippen LogP contribution in [0.2, 0.25) is 9.45 Å². The molecular formula is C36H34Cl2Ti. The molecule has 0 amide bonds. The molecule has 2 atom stereocenters. The first-order chi connectivity index (χ1) is 18.2. The summed E-state index contributed by atoms with van der Waals surface area (Å²) >= 11 is -2.48. The van der Waals surface area contributed by atoms with Crippen molar-refractivity contribution in [2.45, 2.75) is 44.6 Å². The van der Waals surface area contributed by atoms with Crippen LogP contribution in [-0.2, 0) is 16.6 Å². The van der Waals surface area contributed by atoms with E-state index in [1.165, 1.54) is 55.7 Å². The van der Waals surface area contributed by atoms with Gasteiger partial charge >= 0.3 is 226 Å². The zero-order valence-corrected chi connectivity index (χ0v) is 25.7. The van der Waals surface area contributed by atoms with E-state index in [0.717, 1.165) is 0 Å². The molecule has 3 aliphatic rings. The van der Waals surface area contributed by atoms with Crippen LogP contribution >= 0.6 is 0 Å². The molecule has 1 fully saturated rings. The van der Waals surface area contributed by atoms with Gasteiger partial charge in [0.2, 0.25) is 0 Å². The van der Waals surface area contributed by atoms with Crippen LogP contribution in [0.3, 0.4) is 0 Å². The van der Waals surface area contributed by atoms with Crippen LogP contribution < -0.4 is 24.8 Å². The van der Waals surface area contributed by atoms with Gasteiger partial charge in [0, 0.05) is 0 Å². The number of benzene rings is 4. The first kappa shape index (κ1) is 28.2. The predicted molar refractivity (Wildman–Crippen MR) is 155 cm³/mol. The van der Waals surface area contributed by atoms with Gasteiger partial charge in [0.15, 0.2) is 0 Å². The minimum Gasteiger partial charge on any atom is -1.00 e. The average molecular weight is 585 g/mol. The second-order valence-electron chi connectivity index (χ2n) is 11.4. The monoisotopic (exact) mass is 584 g/mol. The molecule has 0 N–H and O–H groups in total. The van der Waals surface area contributed by atoms with E-state index in [0.29, 0.717) is 8.45 Å². The Morgan fingerprint density at radius 2 is 0.923 bits per heavy atom. The van der Waals surface area contributed by atoms with Gasteiger partial charge in [-0.1, -0.05) is 0 Å². The molecule has 39 heavy (non-hydrogen) atoms. The van der Waals surface area contributed by atoms with Crippen molar-refractivity contribution in [2.24, 2.45) is 0 Å². The van der Waals surface area contributed by atoms with E-state index >= 15 is 0 Å². The molecule has 0 bridgehead atoms. The molecule has 1 heterocycles. The summed E-state index contributed by atoms with van der Waals surface area (Å²) in [5, 5.41) is 0. The maximum Gasteiger partial charge on any atom is -1.00 e. The Labute approximate surface area is 249 Å². The van der Waals surface area contributed by atoms with E-state index in [1.807, 2.05) is 0 Å². The standard InChI is InChI=1S/2C16H13.C4H8.2ClH.Ti/c2*1-12-10-14-8-5-9-15(16(14)11-12)13-6-3-2-4-7-13;1-3-4-2;;;/h2*2-11H,1H3;1-4H2;2*1H;/q;;;;;+2/p-2. The molecule has 0 spiro atoms. The summed E-state index contributed by atoms with van der Waals surface area (Å²) in [6.07, 6.45) is 7.94. The predicted octanol–water partition coefficient (Wildman–Crippen LogP) is 4.43. The van der Waals surface area contributed by atoms with E-state index in [4.69, 9.17) is 0 Å². The van der Waals surface area contributed by atoms with Crippen molar-refractivity contribution in [1.82, 2.24) is 0 Å². The first-order valence-corrected chi connectivity index (χ1v) is 17.9. The molecule has 0 radical (unpaired) electrons. The number of halogens is 2. The summed E-state index contributed by atoms with van der Waals surface area (Å²) in [5.74, 6) is 0. The Balaban J connectivity index is 0.00000154. The summed E-state index contributed by atoms with van der Waals surface area (Å²) in [5.41, 5.74) is 15.0. The fraction of sp³-hybridized carbons (Fsp3) is 0.222. The van der Waals surface area contributed by atoms with E-state index in [-0.39, 0.29) is 24.8 Å². The maximum atomic E-state index is 2.56. The van der Waals surface area contributed by atoms with Crippen molar-refractivity contribution in [3.63, 3.8) is 0 Å². The van der Waals surface area contributed by atoms with Crippen molar-refractivity contribution >= 4 is 12.2 Å². The molecule has 1 aliphatic heterocycles. The van der Waals surface area contributed by atoms with Gasteiger partial charge in [-0.15, -0.1) is 0 Å². The number of fused-ring (bicyclic) bond motifs is 2. The van der Waals surface area contributed by atoms with Gasteiger partial charge in [0.25, 0.3) is 0 Å². The molecule has 0 saturated carbocycles. The zero-order valence-electron chi connectivity index (χ0n) is 22.6. The summed E-state index contributed by atoms with van der Waals surface area (Å²) in [6, 6.07) is 36.2. The fourth-order valence-electron chi connectivity index (χ4n) is 8.15. The van der Waals surface area contributed by atoms with Crippen LogP contribution in [0.25, 0.3) is 34.4 Å². The number of hydrogen-bond donors (Lipinski definition) is 0. The normalized spacial score (nSPS) is 19.4. The summed E-state index contributed by atoms with van der Waals surface area (Å²) in [4.78, 5) is 0. The molecule has 0 nitrogen and oxygen atoms in total. The molecule has 4 aromatic carbocycles.